The molecule has 0 heterocycles. The number of rotatable bonds is 10. The molecule has 0 saturated carbocycles. The van der Waals surface area contributed by atoms with Crippen LogP contribution in [-0.4, -0.2) is 51.0 Å². The van der Waals surface area contributed by atoms with Crippen molar-refractivity contribution in [3.8, 4) is 0 Å². The van der Waals surface area contributed by atoms with Gasteiger partial charge in [-0.3, -0.25) is 4.79 Å². The van der Waals surface area contributed by atoms with E-state index in [1.165, 1.54) is 0 Å². The van der Waals surface area contributed by atoms with Crippen LogP contribution in [0.1, 0.15) is 95.9 Å². The van der Waals surface area contributed by atoms with Gasteiger partial charge < -0.3 is 20.1 Å². The Hall–Kier alpha value is -0.650. The molecule has 0 saturated heterocycles. The number of hydrogen-bond donors (Lipinski definition) is 2. The zero-order valence-electron chi connectivity index (χ0n) is 22.4. The average molecular weight is 431 g/mol. The predicted molar refractivity (Wildman–Crippen MR) is 130 cm³/mol. The first-order valence-corrected chi connectivity index (χ1v) is 11.5. The second-order valence-corrected chi connectivity index (χ2v) is 12.6. The lowest BCUT2D eigenvalue weighted by Gasteiger charge is -2.21. The van der Waals surface area contributed by atoms with Crippen LogP contribution in [0.3, 0.4) is 0 Å². The number of amides is 1. The number of nitrogens with one attached hydrogen (secondary N) is 2. The predicted octanol–water partition coefficient (Wildman–Crippen LogP) is 5.43. The van der Waals surface area contributed by atoms with Gasteiger partial charge in [-0.05, 0) is 51.0 Å². The van der Waals surface area contributed by atoms with Gasteiger partial charge >= 0.3 is 0 Å². The van der Waals surface area contributed by atoms with Crippen molar-refractivity contribution < 1.29 is 14.3 Å². The fraction of sp³-hybridized carbons (Fsp3) is 0.960. The van der Waals surface area contributed by atoms with E-state index in [0.717, 1.165) is 39.2 Å². The second-order valence-electron chi connectivity index (χ2n) is 12.6. The van der Waals surface area contributed by atoms with E-state index in [0.29, 0.717) is 13.2 Å². The molecule has 5 nitrogen and oxygen atoms in total. The summed E-state index contributed by atoms with van der Waals surface area (Å²) in [6.07, 6.45) is 1.96. The minimum absolute atomic E-state index is 0.100. The highest BCUT2D eigenvalue weighted by molar-refractivity contribution is 5.81. The van der Waals surface area contributed by atoms with Crippen molar-refractivity contribution in [1.82, 2.24) is 10.6 Å². The van der Waals surface area contributed by atoms with Gasteiger partial charge in [0.1, 0.15) is 0 Å². The third-order valence-electron chi connectivity index (χ3n) is 3.62. The van der Waals surface area contributed by atoms with Crippen LogP contribution in [0, 0.1) is 16.2 Å². The Morgan fingerprint density at radius 1 is 0.667 bits per heavy atom. The Morgan fingerprint density at radius 2 is 1.07 bits per heavy atom. The Bertz CT molecular complexity index is 417. The van der Waals surface area contributed by atoms with Crippen molar-refractivity contribution in [2.24, 2.45) is 16.2 Å². The molecule has 0 aromatic heterocycles. The van der Waals surface area contributed by atoms with Crippen LogP contribution < -0.4 is 10.6 Å². The van der Waals surface area contributed by atoms with E-state index < -0.39 is 0 Å². The third kappa shape index (κ3) is 27.4. The Labute approximate surface area is 188 Å². The summed E-state index contributed by atoms with van der Waals surface area (Å²) < 4.78 is 11.1. The minimum Gasteiger partial charge on any atom is -0.381 e. The smallest absolute Gasteiger partial charge is 0.225 e. The topological polar surface area (TPSA) is 59.6 Å². The quantitative estimate of drug-likeness (QED) is 0.454. The lowest BCUT2D eigenvalue weighted by molar-refractivity contribution is -0.128. The average Bonchev–Trinajstić information content (AvgIpc) is 2.50. The molecule has 0 fully saturated rings. The maximum absolute atomic E-state index is 11.5. The van der Waals surface area contributed by atoms with Crippen LogP contribution in [-0.2, 0) is 14.3 Å². The first-order chi connectivity index (χ1) is 13.3. The van der Waals surface area contributed by atoms with E-state index in [4.69, 9.17) is 9.47 Å². The van der Waals surface area contributed by atoms with Crippen molar-refractivity contribution in [2.75, 3.05) is 39.5 Å². The maximum atomic E-state index is 11.5. The molecule has 0 aliphatic heterocycles. The molecule has 0 atom stereocenters. The Balaban J connectivity index is 0. The summed E-state index contributed by atoms with van der Waals surface area (Å²) in [7, 11) is 0. The van der Waals surface area contributed by atoms with E-state index in [-0.39, 0.29) is 27.7 Å². The summed E-state index contributed by atoms with van der Waals surface area (Å²) in [5, 5.41) is 6.34. The van der Waals surface area contributed by atoms with Gasteiger partial charge in [-0.15, -0.1) is 0 Å². The van der Waals surface area contributed by atoms with Crippen molar-refractivity contribution in [1.29, 1.82) is 0 Å². The van der Waals surface area contributed by atoms with E-state index in [2.05, 4.69) is 72.9 Å². The minimum atomic E-state index is -0.299. The molecule has 5 heteroatoms. The standard InChI is InChI=1S/C13H27NO2.C12H27NO/c1-12(2,3)10-16-9-7-8-14-11(15)13(4,5)6;1-11(2,3)10-14-9-7-8-13-12(4,5)6/h7-10H2,1-6H3,(H,14,15);13H,7-10H2,1-6H3. The fourth-order valence-corrected chi connectivity index (χ4v) is 2.04. The normalized spacial score (nSPS) is 12.9. The molecule has 2 N–H and O–H groups in total. The monoisotopic (exact) mass is 430 g/mol. The van der Waals surface area contributed by atoms with Crippen LogP contribution in [0.5, 0.6) is 0 Å². The van der Waals surface area contributed by atoms with Crippen LogP contribution >= 0.6 is 0 Å². The van der Waals surface area contributed by atoms with Gasteiger partial charge in [0.05, 0.1) is 13.2 Å². The molecule has 0 bridgehead atoms. The SMILES string of the molecule is CC(C)(C)COCCCNC(=O)C(C)(C)C.CC(C)(C)COCCCNC(C)(C)C. The first kappa shape index (κ1) is 31.5. The summed E-state index contributed by atoms with van der Waals surface area (Å²) in [6.45, 7) is 30.2. The number of hydrogen-bond acceptors (Lipinski definition) is 4. The summed E-state index contributed by atoms with van der Waals surface area (Å²) in [4.78, 5) is 11.5. The molecule has 0 aliphatic rings. The number of carbonyl (C=O) groups excluding carboxylic acids is 1. The zero-order valence-corrected chi connectivity index (χ0v) is 22.4. The fourth-order valence-electron chi connectivity index (χ4n) is 2.04. The lowest BCUT2D eigenvalue weighted by atomic mass is 9.96. The first-order valence-electron chi connectivity index (χ1n) is 11.5. The van der Waals surface area contributed by atoms with Crippen LogP contribution in [0.15, 0.2) is 0 Å². The Kier molecular flexibility index (Phi) is 15.2. The largest absolute Gasteiger partial charge is 0.381 e. The van der Waals surface area contributed by atoms with Crippen molar-refractivity contribution in [3.05, 3.63) is 0 Å². The van der Waals surface area contributed by atoms with Gasteiger partial charge in [-0.1, -0.05) is 62.3 Å². The molecule has 0 spiro atoms. The number of carbonyl (C=O) groups is 1. The lowest BCUT2D eigenvalue weighted by Crippen LogP contribution is -2.36. The molecule has 0 aromatic carbocycles. The highest BCUT2D eigenvalue weighted by Crippen LogP contribution is 2.14. The number of ether oxygens (including phenoxy) is 2. The second kappa shape index (κ2) is 14.4. The molecule has 0 aliphatic carbocycles. The van der Waals surface area contributed by atoms with Gasteiger partial charge in [0.2, 0.25) is 5.91 Å². The van der Waals surface area contributed by atoms with Crippen LogP contribution in [0.4, 0.5) is 0 Å². The molecule has 0 radical (unpaired) electrons. The molecule has 0 aromatic rings. The van der Waals surface area contributed by atoms with Crippen LogP contribution in [0.25, 0.3) is 0 Å². The Morgan fingerprint density at radius 3 is 1.40 bits per heavy atom. The van der Waals surface area contributed by atoms with Crippen molar-refractivity contribution in [3.63, 3.8) is 0 Å². The molecule has 0 rings (SSSR count). The molecule has 30 heavy (non-hydrogen) atoms. The van der Waals surface area contributed by atoms with Gasteiger partial charge in [0, 0.05) is 30.7 Å². The van der Waals surface area contributed by atoms with E-state index in [1.807, 2.05) is 20.8 Å². The maximum Gasteiger partial charge on any atom is 0.225 e. The highest BCUT2D eigenvalue weighted by Gasteiger charge is 2.20. The van der Waals surface area contributed by atoms with Gasteiger partial charge in [0.25, 0.3) is 0 Å². The third-order valence-corrected chi connectivity index (χ3v) is 3.62. The summed E-state index contributed by atoms with van der Waals surface area (Å²) in [6, 6.07) is 0. The molecular formula is C25H54N2O3. The van der Waals surface area contributed by atoms with Gasteiger partial charge in [-0.2, -0.15) is 0 Å². The van der Waals surface area contributed by atoms with Crippen molar-refractivity contribution >= 4 is 5.91 Å². The summed E-state index contributed by atoms with van der Waals surface area (Å²) in [5.74, 6) is 0.100. The van der Waals surface area contributed by atoms with Gasteiger partial charge in [-0.25, -0.2) is 0 Å². The van der Waals surface area contributed by atoms with Crippen LogP contribution in [0.2, 0.25) is 0 Å². The highest BCUT2D eigenvalue weighted by atomic mass is 16.5. The van der Waals surface area contributed by atoms with E-state index >= 15 is 0 Å². The molecular weight excluding hydrogens is 376 g/mol. The summed E-state index contributed by atoms with van der Waals surface area (Å²) in [5.41, 5.74) is 0.433. The molecule has 182 valence electrons. The van der Waals surface area contributed by atoms with Gasteiger partial charge in [0.15, 0.2) is 0 Å². The van der Waals surface area contributed by atoms with E-state index in [1.54, 1.807) is 0 Å². The van der Waals surface area contributed by atoms with Crippen molar-refractivity contribution in [2.45, 2.75) is 101 Å². The summed E-state index contributed by atoms with van der Waals surface area (Å²) >= 11 is 0. The molecule has 0 unspecified atom stereocenters. The zero-order chi connectivity index (χ0) is 24.1. The molecule has 1 amide bonds. The van der Waals surface area contributed by atoms with E-state index in [9.17, 15) is 4.79 Å².